The fourth-order valence-electron chi connectivity index (χ4n) is 1.39. The lowest BCUT2D eigenvalue weighted by atomic mass is 10.1. The van der Waals surface area contributed by atoms with Gasteiger partial charge in [-0.3, -0.25) is 4.98 Å². The van der Waals surface area contributed by atoms with E-state index in [0.717, 1.165) is 16.5 Å². The summed E-state index contributed by atoms with van der Waals surface area (Å²) in [6.07, 6.45) is 1.79. The van der Waals surface area contributed by atoms with E-state index in [1.807, 2.05) is 44.2 Å². The molecule has 0 saturated heterocycles. The van der Waals surface area contributed by atoms with Gasteiger partial charge in [-0.1, -0.05) is 17.9 Å². The molecule has 2 nitrogen and oxygen atoms in total. The fraction of sp³-hybridized carbons (Fsp3) is 0.214. The van der Waals surface area contributed by atoms with Crippen molar-refractivity contribution in [2.45, 2.75) is 19.4 Å². The number of rotatable bonds is 0. The molecule has 1 heterocycles. The summed E-state index contributed by atoms with van der Waals surface area (Å²) in [5.74, 6) is 6.08. The molecule has 2 heteroatoms. The molecule has 1 aromatic carbocycles. The second-order valence-electron chi connectivity index (χ2n) is 4.38. The van der Waals surface area contributed by atoms with Gasteiger partial charge in [0.15, 0.2) is 0 Å². The van der Waals surface area contributed by atoms with Crippen LogP contribution >= 0.6 is 0 Å². The van der Waals surface area contributed by atoms with Gasteiger partial charge in [-0.25, -0.2) is 0 Å². The number of nitrogens with two attached hydrogens (primary N) is 1. The van der Waals surface area contributed by atoms with Gasteiger partial charge in [0.1, 0.15) is 0 Å². The highest BCUT2D eigenvalue weighted by molar-refractivity contribution is 5.79. The van der Waals surface area contributed by atoms with Crippen LogP contribution in [-0.2, 0) is 0 Å². The monoisotopic (exact) mass is 210 g/mol. The second-order valence-corrected chi connectivity index (χ2v) is 4.38. The molecular weight excluding hydrogens is 196 g/mol. The van der Waals surface area contributed by atoms with E-state index in [2.05, 4.69) is 16.8 Å². The van der Waals surface area contributed by atoms with E-state index in [1.165, 1.54) is 0 Å². The van der Waals surface area contributed by atoms with Crippen molar-refractivity contribution in [3.63, 3.8) is 0 Å². The molecule has 1 aromatic heterocycles. The van der Waals surface area contributed by atoms with Crippen LogP contribution in [0.5, 0.6) is 0 Å². The molecule has 2 aromatic rings. The first-order valence-corrected chi connectivity index (χ1v) is 5.21. The molecule has 2 N–H and O–H groups in total. The van der Waals surface area contributed by atoms with Gasteiger partial charge in [0.25, 0.3) is 0 Å². The quantitative estimate of drug-likeness (QED) is 0.678. The maximum atomic E-state index is 5.81. The number of hydrogen-bond donors (Lipinski definition) is 1. The third kappa shape index (κ3) is 2.59. The lowest BCUT2D eigenvalue weighted by Gasteiger charge is -2.07. The van der Waals surface area contributed by atoms with Crippen molar-refractivity contribution in [2.24, 2.45) is 5.73 Å². The molecule has 0 fully saturated rings. The van der Waals surface area contributed by atoms with E-state index < -0.39 is 5.54 Å². The predicted octanol–water partition coefficient (Wildman–Crippen LogP) is 2.32. The number of fused-ring (bicyclic) bond motifs is 1. The van der Waals surface area contributed by atoms with Crippen LogP contribution < -0.4 is 5.73 Å². The van der Waals surface area contributed by atoms with E-state index in [0.29, 0.717) is 0 Å². The summed E-state index contributed by atoms with van der Waals surface area (Å²) in [6.45, 7) is 3.78. The number of aromatic nitrogens is 1. The van der Waals surface area contributed by atoms with E-state index >= 15 is 0 Å². The van der Waals surface area contributed by atoms with Gasteiger partial charge in [0.05, 0.1) is 11.1 Å². The third-order valence-electron chi connectivity index (χ3n) is 2.13. The Hall–Kier alpha value is -1.85. The molecule has 80 valence electrons. The van der Waals surface area contributed by atoms with Gasteiger partial charge < -0.3 is 5.73 Å². The molecule has 0 aliphatic carbocycles. The van der Waals surface area contributed by atoms with E-state index in [-0.39, 0.29) is 0 Å². The first-order valence-electron chi connectivity index (χ1n) is 5.21. The first kappa shape index (κ1) is 10.7. The van der Waals surface area contributed by atoms with Gasteiger partial charge in [0.2, 0.25) is 0 Å². The molecule has 0 aliphatic heterocycles. The largest absolute Gasteiger partial charge is 0.316 e. The Morgan fingerprint density at radius 1 is 1.25 bits per heavy atom. The summed E-state index contributed by atoms with van der Waals surface area (Å²) in [5.41, 5.74) is 7.31. The molecule has 0 radical (unpaired) electrons. The average molecular weight is 210 g/mol. The molecule has 0 atom stereocenters. The minimum absolute atomic E-state index is 0.454. The van der Waals surface area contributed by atoms with Gasteiger partial charge in [0, 0.05) is 17.1 Å². The Morgan fingerprint density at radius 3 is 2.81 bits per heavy atom. The lowest BCUT2D eigenvalue weighted by Crippen LogP contribution is -2.29. The maximum Gasteiger partial charge on any atom is 0.0722 e. The van der Waals surface area contributed by atoms with Crippen LogP contribution in [0.4, 0.5) is 0 Å². The Kier molecular flexibility index (Phi) is 2.64. The molecule has 0 saturated carbocycles. The van der Waals surface area contributed by atoms with Crippen molar-refractivity contribution in [3.05, 3.63) is 42.1 Å². The van der Waals surface area contributed by atoms with Gasteiger partial charge in [-0.05, 0) is 38.1 Å². The second kappa shape index (κ2) is 3.96. The van der Waals surface area contributed by atoms with Crippen molar-refractivity contribution in [1.29, 1.82) is 0 Å². The highest BCUT2D eigenvalue weighted by atomic mass is 14.7. The van der Waals surface area contributed by atoms with Crippen molar-refractivity contribution >= 4 is 10.9 Å². The van der Waals surface area contributed by atoms with Crippen molar-refractivity contribution < 1.29 is 0 Å². The summed E-state index contributed by atoms with van der Waals surface area (Å²) in [7, 11) is 0. The first-order chi connectivity index (χ1) is 7.54. The van der Waals surface area contributed by atoms with Gasteiger partial charge in [-0.15, -0.1) is 0 Å². The molecule has 2 rings (SSSR count). The van der Waals surface area contributed by atoms with Crippen LogP contribution in [0.25, 0.3) is 10.9 Å². The maximum absolute atomic E-state index is 5.81. The SMILES string of the molecule is CC(C)(N)C#Cc1ccc2ncccc2c1. The molecule has 0 spiro atoms. The number of pyridine rings is 1. The molecule has 0 unspecified atom stereocenters. The zero-order valence-electron chi connectivity index (χ0n) is 9.49. The minimum atomic E-state index is -0.454. The third-order valence-corrected chi connectivity index (χ3v) is 2.13. The minimum Gasteiger partial charge on any atom is -0.316 e. The summed E-state index contributed by atoms with van der Waals surface area (Å²) in [4.78, 5) is 4.26. The standard InChI is InChI=1S/C14H14N2/c1-14(2,15)8-7-11-5-6-13-12(10-11)4-3-9-16-13/h3-6,9-10H,15H2,1-2H3. The highest BCUT2D eigenvalue weighted by Gasteiger charge is 2.03. The summed E-state index contributed by atoms with van der Waals surface area (Å²) in [6, 6.07) is 9.92. The topological polar surface area (TPSA) is 38.9 Å². The molecule has 0 bridgehead atoms. The zero-order chi connectivity index (χ0) is 11.6. The smallest absolute Gasteiger partial charge is 0.0722 e. The van der Waals surface area contributed by atoms with Crippen LogP contribution in [0.15, 0.2) is 36.5 Å². The normalized spacial score (nSPS) is 10.9. The van der Waals surface area contributed by atoms with Crippen LogP contribution in [0.1, 0.15) is 19.4 Å². The Bertz CT molecular complexity index is 568. The number of hydrogen-bond acceptors (Lipinski definition) is 2. The Labute approximate surface area is 95.5 Å². The van der Waals surface area contributed by atoms with Crippen LogP contribution in [0.3, 0.4) is 0 Å². The Balaban J connectivity index is 2.43. The van der Waals surface area contributed by atoms with Crippen molar-refractivity contribution in [3.8, 4) is 11.8 Å². The van der Waals surface area contributed by atoms with Gasteiger partial charge in [-0.2, -0.15) is 0 Å². The van der Waals surface area contributed by atoms with E-state index in [1.54, 1.807) is 6.20 Å². The predicted molar refractivity (Wildman–Crippen MR) is 66.9 cm³/mol. The summed E-state index contributed by atoms with van der Waals surface area (Å²) >= 11 is 0. The Morgan fingerprint density at radius 2 is 2.06 bits per heavy atom. The van der Waals surface area contributed by atoms with Crippen molar-refractivity contribution in [2.75, 3.05) is 0 Å². The highest BCUT2D eigenvalue weighted by Crippen LogP contribution is 2.12. The average Bonchev–Trinajstić information content (AvgIpc) is 2.25. The van der Waals surface area contributed by atoms with Crippen molar-refractivity contribution in [1.82, 2.24) is 4.98 Å². The molecular formula is C14H14N2. The van der Waals surface area contributed by atoms with Crippen LogP contribution in [0.2, 0.25) is 0 Å². The fourth-order valence-corrected chi connectivity index (χ4v) is 1.39. The summed E-state index contributed by atoms with van der Waals surface area (Å²) < 4.78 is 0. The van der Waals surface area contributed by atoms with Crippen LogP contribution in [0, 0.1) is 11.8 Å². The van der Waals surface area contributed by atoms with Crippen LogP contribution in [-0.4, -0.2) is 10.5 Å². The number of nitrogens with zero attached hydrogens (tertiary/aromatic N) is 1. The number of benzene rings is 1. The molecule has 0 aliphatic rings. The summed E-state index contributed by atoms with van der Waals surface area (Å²) in [5, 5.41) is 1.10. The van der Waals surface area contributed by atoms with E-state index in [4.69, 9.17) is 5.73 Å². The van der Waals surface area contributed by atoms with Gasteiger partial charge >= 0.3 is 0 Å². The molecule has 16 heavy (non-hydrogen) atoms. The van der Waals surface area contributed by atoms with E-state index in [9.17, 15) is 0 Å². The molecule has 0 amide bonds. The zero-order valence-corrected chi connectivity index (χ0v) is 9.49. The lowest BCUT2D eigenvalue weighted by molar-refractivity contribution is 0.680.